The Labute approximate surface area is 152 Å². The number of rotatable bonds is 7. The van der Waals surface area contributed by atoms with Gasteiger partial charge in [0, 0.05) is 16.8 Å². The van der Waals surface area contributed by atoms with Crippen molar-refractivity contribution in [1.29, 1.82) is 0 Å². The lowest BCUT2D eigenvalue weighted by Gasteiger charge is -2.12. The van der Waals surface area contributed by atoms with Crippen LogP contribution in [0, 0.1) is 0 Å². The van der Waals surface area contributed by atoms with Gasteiger partial charge in [-0.3, -0.25) is 4.79 Å². The van der Waals surface area contributed by atoms with Gasteiger partial charge in [-0.05, 0) is 30.3 Å². The first-order valence-electron chi connectivity index (χ1n) is 6.89. The molecule has 0 saturated heterocycles. The van der Waals surface area contributed by atoms with Crippen LogP contribution in [0.1, 0.15) is 0 Å². The molecule has 1 amide bonds. The number of alkyl halides is 2. The number of carbonyl (C=O) groups excluding carboxylic acids is 1. The van der Waals surface area contributed by atoms with E-state index in [0.29, 0.717) is 5.02 Å². The summed E-state index contributed by atoms with van der Waals surface area (Å²) >= 11 is 11.7. The van der Waals surface area contributed by atoms with Gasteiger partial charge in [-0.25, -0.2) is 0 Å². The van der Waals surface area contributed by atoms with E-state index in [1.165, 1.54) is 37.4 Å². The minimum Gasteiger partial charge on any atom is -0.493 e. The number of carbonyl (C=O) groups is 1. The van der Waals surface area contributed by atoms with Crippen LogP contribution in [0.25, 0.3) is 0 Å². The molecule has 134 valence electrons. The smallest absolute Gasteiger partial charge is 0.387 e. The minimum absolute atomic E-state index is 0.113. The molecule has 0 saturated carbocycles. The van der Waals surface area contributed by atoms with Crippen molar-refractivity contribution in [1.82, 2.24) is 0 Å². The van der Waals surface area contributed by atoms with Crippen LogP contribution >= 0.6 is 23.2 Å². The number of hydrogen-bond donors (Lipinski definition) is 1. The van der Waals surface area contributed by atoms with Crippen molar-refractivity contribution in [3.8, 4) is 17.2 Å². The topological polar surface area (TPSA) is 56.8 Å². The molecule has 0 fully saturated rings. The predicted octanol–water partition coefficient (Wildman–Crippen LogP) is 4.62. The molecular weight excluding hydrogens is 379 g/mol. The maximum atomic E-state index is 12.4. The molecule has 0 atom stereocenters. The van der Waals surface area contributed by atoms with Crippen LogP contribution in [0.3, 0.4) is 0 Å². The van der Waals surface area contributed by atoms with E-state index in [9.17, 15) is 13.6 Å². The van der Waals surface area contributed by atoms with Crippen LogP contribution < -0.4 is 19.5 Å². The second-order valence-corrected chi connectivity index (χ2v) is 5.50. The Hall–Kier alpha value is -2.25. The number of amides is 1. The van der Waals surface area contributed by atoms with E-state index in [2.05, 4.69) is 10.1 Å². The number of benzene rings is 2. The van der Waals surface area contributed by atoms with Gasteiger partial charge in [-0.1, -0.05) is 23.2 Å². The molecule has 0 aliphatic heterocycles. The first-order valence-corrected chi connectivity index (χ1v) is 7.65. The third kappa shape index (κ3) is 5.65. The molecule has 9 heteroatoms. The summed E-state index contributed by atoms with van der Waals surface area (Å²) in [5, 5.41) is 3.19. The largest absolute Gasteiger partial charge is 0.493 e. The average Bonchev–Trinajstić information content (AvgIpc) is 2.54. The third-order valence-corrected chi connectivity index (χ3v) is 3.45. The van der Waals surface area contributed by atoms with E-state index in [1.807, 2.05) is 0 Å². The number of halogens is 4. The molecule has 5 nitrogen and oxygen atoms in total. The van der Waals surface area contributed by atoms with E-state index in [-0.39, 0.29) is 34.6 Å². The van der Waals surface area contributed by atoms with E-state index < -0.39 is 12.5 Å². The Kier molecular flexibility index (Phi) is 6.66. The van der Waals surface area contributed by atoms with Gasteiger partial charge in [-0.2, -0.15) is 8.78 Å². The molecule has 25 heavy (non-hydrogen) atoms. The van der Waals surface area contributed by atoms with Crippen molar-refractivity contribution in [3.63, 3.8) is 0 Å². The standard InChI is InChI=1S/C16H13Cl2F2NO4/c1-23-13-5-3-10(7-14(13)25-16(19)20)21-15(22)8-24-12-4-2-9(17)6-11(12)18/h2-7,16H,8H2,1H3,(H,21,22). The molecule has 0 aromatic heterocycles. The molecule has 0 heterocycles. The van der Waals surface area contributed by atoms with E-state index in [1.54, 1.807) is 6.07 Å². The van der Waals surface area contributed by atoms with Crippen molar-refractivity contribution in [2.45, 2.75) is 6.61 Å². The minimum atomic E-state index is -3.02. The quantitative estimate of drug-likeness (QED) is 0.747. The summed E-state index contributed by atoms with van der Waals surface area (Å²) in [7, 11) is 1.32. The summed E-state index contributed by atoms with van der Waals surface area (Å²) in [5.74, 6) is -0.309. The highest BCUT2D eigenvalue weighted by Crippen LogP contribution is 2.31. The third-order valence-electron chi connectivity index (χ3n) is 2.92. The number of ether oxygens (including phenoxy) is 3. The van der Waals surface area contributed by atoms with Crippen molar-refractivity contribution >= 4 is 34.8 Å². The van der Waals surface area contributed by atoms with Crippen LogP contribution in [0.2, 0.25) is 10.0 Å². The van der Waals surface area contributed by atoms with Crippen molar-refractivity contribution in [3.05, 3.63) is 46.4 Å². The zero-order valence-corrected chi connectivity index (χ0v) is 14.4. The normalized spacial score (nSPS) is 10.5. The van der Waals surface area contributed by atoms with Gasteiger partial charge in [0.15, 0.2) is 18.1 Å². The van der Waals surface area contributed by atoms with Crippen LogP contribution in [-0.2, 0) is 4.79 Å². The number of nitrogens with one attached hydrogen (secondary N) is 1. The van der Waals surface area contributed by atoms with Gasteiger partial charge in [0.05, 0.1) is 12.1 Å². The molecule has 2 aromatic carbocycles. The predicted molar refractivity (Wildman–Crippen MR) is 90.2 cm³/mol. The second-order valence-electron chi connectivity index (χ2n) is 4.66. The molecule has 0 bridgehead atoms. The monoisotopic (exact) mass is 391 g/mol. The molecule has 0 radical (unpaired) electrons. The lowest BCUT2D eigenvalue weighted by Crippen LogP contribution is -2.20. The summed E-state index contributed by atoms with van der Waals surface area (Å²) in [5.41, 5.74) is 0.243. The zero-order valence-electron chi connectivity index (χ0n) is 12.9. The Morgan fingerprint density at radius 2 is 1.84 bits per heavy atom. The van der Waals surface area contributed by atoms with Crippen molar-refractivity contribution in [2.24, 2.45) is 0 Å². The molecule has 1 N–H and O–H groups in total. The molecule has 2 rings (SSSR count). The molecule has 0 aliphatic rings. The first-order chi connectivity index (χ1) is 11.9. The Morgan fingerprint density at radius 3 is 2.48 bits per heavy atom. The highest BCUT2D eigenvalue weighted by molar-refractivity contribution is 6.35. The summed E-state index contributed by atoms with van der Waals surface area (Å²) in [6, 6.07) is 8.67. The highest BCUT2D eigenvalue weighted by atomic mass is 35.5. The van der Waals surface area contributed by atoms with Crippen molar-refractivity contribution < 1.29 is 27.8 Å². The van der Waals surface area contributed by atoms with E-state index in [4.69, 9.17) is 32.7 Å². The number of hydrogen-bond acceptors (Lipinski definition) is 4. The molecule has 0 aliphatic carbocycles. The lowest BCUT2D eigenvalue weighted by molar-refractivity contribution is -0.118. The highest BCUT2D eigenvalue weighted by Gasteiger charge is 2.13. The fourth-order valence-electron chi connectivity index (χ4n) is 1.88. The van der Waals surface area contributed by atoms with Gasteiger partial charge in [-0.15, -0.1) is 0 Å². The fourth-order valence-corrected chi connectivity index (χ4v) is 2.34. The first kappa shape index (κ1) is 19.1. The summed E-state index contributed by atoms with van der Waals surface area (Å²) in [6.07, 6.45) is 0. The second kappa shape index (κ2) is 8.73. The van der Waals surface area contributed by atoms with Crippen molar-refractivity contribution in [2.75, 3.05) is 19.0 Å². The Morgan fingerprint density at radius 1 is 1.12 bits per heavy atom. The van der Waals surface area contributed by atoms with Crippen LogP contribution in [-0.4, -0.2) is 26.2 Å². The number of anilines is 1. The van der Waals surface area contributed by atoms with Gasteiger partial charge < -0.3 is 19.5 Å². The average molecular weight is 392 g/mol. The van der Waals surface area contributed by atoms with Crippen LogP contribution in [0.15, 0.2) is 36.4 Å². The zero-order chi connectivity index (χ0) is 18.4. The van der Waals surface area contributed by atoms with Gasteiger partial charge in [0.2, 0.25) is 0 Å². The van der Waals surface area contributed by atoms with Crippen LogP contribution in [0.5, 0.6) is 17.2 Å². The molecule has 0 unspecified atom stereocenters. The van der Waals surface area contributed by atoms with Crippen LogP contribution in [0.4, 0.5) is 14.5 Å². The maximum Gasteiger partial charge on any atom is 0.387 e. The Balaban J connectivity index is 2.00. The summed E-state index contributed by atoms with van der Waals surface area (Å²) in [6.45, 7) is -3.35. The summed E-state index contributed by atoms with van der Waals surface area (Å²) in [4.78, 5) is 11.9. The van der Waals surface area contributed by atoms with E-state index in [0.717, 1.165) is 0 Å². The number of methoxy groups -OCH3 is 1. The van der Waals surface area contributed by atoms with Gasteiger partial charge in [0.1, 0.15) is 5.75 Å². The lowest BCUT2D eigenvalue weighted by atomic mass is 10.2. The van der Waals surface area contributed by atoms with E-state index >= 15 is 0 Å². The fraction of sp³-hybridized carbons (Fsp3) is 0.188. The molecule has 2 aromatic rings. The van der Waals surface area contributed by atoms with Gasteiger partial charge >= 0.3 is 6.61 Å². The summed E-state index contributed by atoms with van der Waals surface area (Å²) < 4.78 is 39.3. The SMILES string of the molecule is COc1ccc(NC(=O)COc2ccc(Cl)cc2Cl)cc1OC(F)F. The molecule has 0 spiro atoms. The Bertz CT molecular complexity index is 759. The van der Waals surface area contributed by atoms with Gasteiger partial charge in [0.25, 0.3) is 5.91 Å². The maximum absolute atomic E-state index is 12.4. The molecular formula is C16H13Cl2F2NO4.